The van der Waals surface area contributed by atoms with Gasteiger partial charge in [-0.15, -0.1) is 0 Å². The van der Waals surface area contributed by atoms with Crippen LogP contribution in [0.2, 0.25) is 0 Å². The molecule has 4 heteroatoms. The van der Waals surface area contributed by atoms with Crippen molar-refractivity contribution in [1.29, 1.82) is 0 Å². The molecule has 0 bridgehead atoms. The molecule has 0 amide bonds. The van der Waals surface area contributed by atoms with E-state index < -0.39 is 5.97 Å². The van der Waals surface area contributed by atoms with E-state index in [1.165, 1.54) is 0 Å². The van der Waals surface area contributed by atoms with Crippen molar-refractivity contribution in [3.63, 3.8) is 0 Å². The van der Waals surface area contributed by atoms with Crippen molar-refractivity contribution in [3.8, 4) is 0 Å². The lowest BCUT2D eigenvalue weighted by molar-refractivity contribution is -0.138. The van der Waals surface area contributed by atoms with Gasteiger partial charge in [-0.3, -0.25) is 9.48 Å². The van der Waals surface area contributed by atoms with Crippen molar-refractivity contribution in [3.05, 3.63) is 18.0 Å². The maximum atomic E-state index is 10.8. The largest absolute Gasteiger partial charge is 0.481 e. The minimum atomic E-state index is -0.781. The van der Waals surface area contributed by atoms with E-state index in [4.69, 9.17) is 5.11 Å². The molecule has 1 N–H and O–H groups in total. The second kappa shape index (κ2) is 4.04. The summed E-state index contributed by atoms with van der Waals surface area (Å²) in [6.45, 7) is 7.93. The summed E-state index contributed by atoms with van der Waals surface area (Å²) < 4.78 is 1.88. The van der Waals surface area contributed by atoms with Crippen LogP contribution < -0.4 is 0 Å². The molecule has 1 heterocycles. The SMILES string of the molecule is CC(C)n1nccc1C(C)(C)CC(=O)O. The fourth-order valence-corrected chi connectivity index (χ4v) is 1.73. The Morgan fingerprint density at radius 2 is 2.20 bits per heavy atom. The number of hydrogen-bond acceptors (Lipinski definition) is 2. The zero-order valence-corrected chi connectivity index (χ0v) is 9.69. The van der Waals surface area contributed by atoms with Crippen molar-refractivity contribution in [2.75, 3.05) is 0 Å². The number of hydrogen-bond donors (Lipinski definition) is 1. The minimum Gasteiger partial charge on any atom is -0.481 e. The second-order valence-corrected chi connectivity index (χ2v) is 4.71. The van der Waals surface area contributed by atoms with Crippen LogP contribution in [0.5, 0.6) is 0 Å². The van der Waals surface area contributed by atoms with Gasteiger partial charge in [0.25, 0.3) is 0 Å². The van der Waals surface area contributed by atoms with E-state index in [0.717, 1.165) is 5.69 Å². The molecule has 0 saturated heterocycles. The highest BCUT2D eigenvalue weighted by molar-refractivity contribution is 5.68. The molecule has 0 aliphatic carbocycles. The third-order valence-electron chi connectivity index (χ3n) is 2.45. The number of nitrogens with zero attached hydrogens (tertiary/aromatic N) is 2. The van der Waals surface area contributed by atoms with Crippen molar-refractivity contribution >= 4 is 5.97 Å². The number of aliphatic carboxylic acids is 1. The van der Waals surface area contributed by atoms with Gasteiger partial charge in [-0.2, -0.15) is 5.10 Å². The summed E-state index contributed by atoms with van der Waals surface area (Å²) in [7, 11) is 0. The third-order valence-corrected chi connectivity index (χ3v) is 2.45. The predicted octanol–water partition coefficient (Wildman–Crippen LogP) is 2.22. The molecule has 0 radical (unpaired) electrons. The van der Waals surface area contributed by atoms with Gasteiger partial charge in [-0.05, 0) is 19.9 Å². The molecule has 0 fully saturated rings. The monoisotopic (exact) mass is 210 g/mol. The van der Waals surface area contributed by atoms with Crippen LogP contribution in [0.4, 0.5) is 0 Å². The summed E-state index contributed by atoms with van der Waals surface area (Å²) in [4.78, 5) is 10.8. The molecule has 0 unspecified atom stereocenters. The zero-order chi connectivity index (χ0) is 11.6. The Morgan fingerprint density at radius 1 is 1.60 bits per heavy atom. The van der Waals surface area contributed by atoms with Gasteiger partial charge < -0.3 is 5.11 Å². The Kier molecular flexibility index (Phi) is 3.17. The van der Waals surface area contributed by atoms with Crippen LogP contribution in [0.3, 0.4) is 0 Å². The first kappa shape index (κ1) is 11.8. The molecule has 0 atom stereocenters. The number of carboxylic acids is 1. The van der Waals surface area contributed by atoms with Crippen LogP contribution >= 0.6 is 0 Å². The standard InChI is InChI=1S/C11H18N2O2/c1-8(2)13-9(5-6-12-13)11(3,4)7-10(14)15/h5-6,8H,7H2,1-4H3,(H,14,15). The highest BCUT2D eigenvalue weighted by atomic mass is 16.4. The maximum Gasteiger partial charge on any atom is 0.304 e. The summed E-state index contributed by atoms with van der Waals surface area (Å²) in [6.07, 6.45) is 1.84. The normalized spacial score (nSPS) is 12.1. The second-order valence-electron chi connectivity index (χ2n) is 4.71. The lowest BCUT2D eigenvalue weighted by Crippen LogP contribution is -2.26. The number of rotatable bonds is 4. The molecule has 4 nitrogen and oxygen atoms in total. The molecule has 15 heavy (non-hydrogen) atoms. The molecule has 0 aromatic carbocycles. The smallest absolute Gasteiger partial charge is 0.304 e. The van der Waals surface area contributed by atoms with E-state index in [1.807, 2.05) is 38.4 Å². The maximum absolute atomic E-state index is 10.8. The van der Waals surface area contributed by atoms with Crippen molar-refractivity contribution < 1.29 is 9.90 Å². The fraction of sp³-hybridized carbons (Fsp3) is 0.636. The fourth-order valence-electron chi connectivity index (χ4n) is 1.73. The van der Waals surface area contributed by atoms with Crippen LogP contribution in [0.25, 0.3) is 0 Å². The van der Waals surface area contributed by atoms with Gasteiger partial charge in [0.2, 0.25) is 0 Å². The molecular weight excluding hydrogens is 192 g/mol. The van der Waals surface area contributed by atoms with Crippen LogP contribution in [0.15, 0.2) is 12.3 Å². The van der Waals surface area contributed by atoms with Crippen LogP contribution in [-0.2, 0) is 10.2 Å². The summed E-state index contributed by atoms with van der Waals surface area (Å²) in [5.74, 6) is -0.781. The Bertz CT molecular complexity index is 353. The summed E-state index contributed by atoms with van der Waals surface area (Å²) >= 11 is 0. The van der Waals surface area contributed by atoms with Crippen LogP contribution in [0, 0.1) is 0 Å². The third kappa shape index (κ3) is 2.58. The van der Waals surface area contributed by atoms with Crippen molar-refractivity contribution in [2.45, 2.75) is 45.6 Å². The molecule has 0 aliphatic rings. The molecule has 0 spiro atoms. The van der Waals surface area contributed by atoms with Gasteiger partial charge >= 0.3 is 5.97 Å². The predicted molar refractivity (Wildman–Crippen MR) is 57.9 cm³/mol. The topological polar surface area (TPSA) is 55.1 Å². The first-order chi connectivity index (χ1) is 6.84. The quantitative estimate of drug-likeness (QED) is 0.829. The van der Waals surface area contributed by atoms with E-state index in [2.05, 4.69) is 5.10 Å². The number of carbonyl (C=O) groups is 1. The van der Waals surface area contributed by atoms with Crippen molar-refractivity contribution in [1.82, 2.24) is 9.78 Å². The van der Waals surface area contributed by atoms with Gasteiger partial charge in [0.05, 0.1) is 6.42 Å². The molecule has 84 valence electrons. The van der Waals surface area contributed by atoms with E-state index in [-0.39, 0.29) is 17.9 Å². The molecule has 1 aromatic heterocycles. The molecular formula is C11H18N2O2. The van der Waals surface area contributed by atoms with Crippen LogP contribution in [0.1, 0.15) is 45.9 Å². The van der Waals surface area contributed by atoms with Gasteiger partial charge in [0, 0.05) is 23.3 Å². The Morgan fingerprint density at radius 3 is 2.67 bits per heavy atom. The highest BCUT2D eigenvalue weighted by Crippen LogP contribution is 2.28. The zero-order valence-electron chi connectivity index (χ0n) is 9.69. The number of aromatic nitrogens is 2. The lowest BCUT2D eigenvalue weighted by atomic mass is 9.85. The average molecular weight is 210 g/mol. The number of carboxylic acid groups (broad SMARTS) is 1. The van der Waals surface area contributed by atoms with E-state index in [0.29, 0.717) is 0 Å². The van der Waals surface area contributed by atoms with Gasteiger partial charge in [0.1, 0.15) is 0 Å². The van der Waals surface area contributed by atoms with E-state index in [1.54, 1.807) is 6.20 Å². The van der Waals surface area contributed by atoms with Gasteiger partial charge in [0.15, 0.2) is 0 Å². The first-order valence-electron chi connectivity index (χ1n) is 5.10. The van der Waals surface area contributed by atoms with Gasteiger partial charge in [-0.25, -0.2) is 0 Å². The lowest BCUT2D eigenvalue weighted by Gasteiger charge is -2.25. The van der Waals surface area contributed by atoms with Gasteiger partial charge in [-0.1, -0.05) is 13.8 Å². The molecule has 0 aliphatic heterocycles. The average Bonchev–Trinajstić information content (AvgIpc) is 2.48. The highest BCUT2D eigenvalue weighted by Gasteiger charge is 2.28. The Hall–Kier alpha value is -1.32. The molecule has 0 saturated carbocycles. The molecule has 1 aromatic rings. The minimum absolute atomic E-state index is 0.116. The first-order valence-corrected chi connectivity index (χ1v) is 5.10. The summed E-state index contributed by atoms with van der Waals surface area (Å²) in [5, 5.41) is 13.1. The van der Waals surface area contributed by atoms with E-state index in [9.17, 15) is 4.79 Å². The summed E-state index contributed by atoms with van der Waals surface area (Å²) in [6, 6.07) is 2.14. The molecule has 1 rings (SSSR count). The van der Waals surface area contributed by atoms with Crippen molar-refractivity contribution in [2.24, 2.45) is 0 Å². The summed E-state index contributed by atoms with van der Waals surface area (Å²) in [5.41, 5.74) is 0.590. The van der Waals surface area contributed by atoms with E-state index >= 15 is 0 Å². The van der Waals surface area contributed by atoms with Crippen LogP contribution in [-0.4, -0.2) is 20.9 Å². The Balaban J connectivity index is 3.03. The Labute approximate surface area is 89.9 Å².